The molecule has 3 heteroatoms. The molecule has 0 saturated heterocycles. The molecule has 3 nitrogen and oxygen atoms in total. The molecule has 0 aliphatic carbocycles. The van der Waals surface area contributed by atoms with Crippen LogP contribution in [0.25, 0.3) is 0 Å². The maximum absolute atomic E-state index is 10.8. The fourth-order valence-corrected chi connectivity index (χ4v) is 0.618. The van der Waals surface area contributed by atoms with E-state index in [1.165, 1.54) is 4.57 Å². The van der Waals surface area contributed by atoms with Crippen LogP contribution in [0.1, 0.15) is 0 Å². The van der Waals surface area contributed by atoms with Crippen molar-refractivity contribution in [1.82, 2.24) is 4.57 Å². The summed E-state index contributed by atoms with van der Waals surface area (Å²) in [5.74, 6) is 0. The molecule has 0 saturated carbocycles. The van der Waals surface area contributed by atoms with Gasteiger partial charge in [0.25, 0.3) is 5.56 Å². The van der Waals surface area contributed by atoms with Gasteiger partial charge in [-0.3, -0.25) is 4.79 Å². The highest BCUT2D eigenvalue weighted by molar-refractivity contribution is 5.33. The number of rotatable bonds is 0. The Bertz CT molecular complexity index is 241. The van der Waals surface area contributed by atoms with Gasteiger partial charge in [-0.15, -0.1) is 0 Å². The summed E-state index contributed by atoms with van der Waals surface area (Å²) in [6, 6.07) is 3.32. The molecule has 0 bridgehead atoms. The molecule has 0 fully saturated rings. The van der Waals surface area contributed by atoms with Crippen molar-refractivity contribution in [1.29, 1.82) is 0 Å². The van der Waals surface area contributed by atoms with Gasteiger partial charge in [0, 0.05) is 13.2 Å². The van der Waals surface area contributed by atoms with E-state index >= 15 is 0 Å². The zero-order valence-corrected chi connectivity index (χ0v) is 5.16. The van der Waals surface area contributed by atoms with Gasteiger partial charge in [-0.1, -0.05) is 0 Å². The van der Waals surface area contributed by atoms with Crippen LogP contribution in [0.5, 0.6) is 0 Å². The van der Waals surface area contributed by atoms with Crippen LogP contribution in [0, 0.1) is 0 Å². The van der Waals surface area contributed by atoms with E-state index < -0.39 is 0 Å². The zero-order chi connectivity index (χ0) is 6.85. The Labute approximate surface area is 52.7 Å². The molecule has 0 aliphatic rings. The molecule has 0 radical (unpaired) electrons. The van der Waals surface area contributed by atoms with Crippen molar-refractivity contribution in [3.63, 3.8) is 0 Å². The molecule has 1 heterocycles. The zero-order valence-electron chi connectivity index (χ0n) is 5.16. The fraction of sp³-hybridized carbons (Fsp3) is 0.167. The van der Waals surface area contributed by atoms with Crippen molar-refractivity contribution < 1.29 is 0 Å². The highest BCUT2D eigenvalue weighted by atomic mass is 16.1. The second-order valence-electron chi connectivity index (χ2n) is 1.88. The lowest BCUT2D eigenvalue weighted by atomic mass is 10.4. The van der Waals surface area contributed by atoms with E-state index in [0.717, 1.165) is 0 Å². The SMILES string of the molecule is Cn1cccc(N)c1=O. The van der Waals surface area contributed by atoms with Crippen molar-refractivity contribution in [3.05, 3.63) is 28.7 Å². The van der Waals surface area contributed by atoms with Crippen molar-refractivity contribution in [3.8, 4) is 0 Å². The van der Waals surface area contributed by atoms with E-state index in [4.69, 9.17) is 5.73 Å². The van der Waals surface area contributed by atoms with E-state index in [1.54, 1.807) is 25.4 Å². The Kier molecular flexibility index (Phi) is 1.26. The smallest absolute Gasteiger partial charge is 0.273 e. The minimum atomic E-state index is -0.141. The Morgan fingerprint density at radius 1 is 1.67 bits per heavy atom. The number of hydrogen-bond donors (Lipinski definition) is 1. The van der Waals surface area contributed by atoms with Crippen LogP contribution in [-0.4, -0.2) is 4.57 Å². The van der Waals surface area contributed by atoms with Crippen molar-refractivity contribution in [2.24, 2.45) is 7.05 Å². The summed E-state index contributed by atoms with van der Waals surface area (Å²) >= 11 is 0. The number of pyridine rings is 1. The molecule has 1 rings (SSSR count). The third-order valence-electron chi connectivity index (χ3n) is 1.15. The average Bonchev–Trinajstić information content (AvgIpc) is 1.83. The Morgan fingerprint density at radius 2 is 2.33 bits per heavy atom. The summed E-state index contributed by atoms with van der Waals surface area (Å²) in [6.07, 6.45) is 1.67. The Morgan fingerprint density at radius 3 is 2.78 bits per heavy atom. The lowest BCUT2D eigenvalue weighted by molar-refractivity contribution is 0.864. The molecule has 0 unspecified atom stereocenters. The second-order valence-corrected chi connectivity index (χ2v) is 1.88. The van der Waals surface area contributed by atoms with E-state index in [2.05, 4.69) is 0 Å². The topological polar surface area (TPSA) is 48.0 Å². The number of hydrogen-bond acceptors (Lipinski definition) is 2. The Balaban J connectivity index is 3.43. The van der Waals surface area contributed by atoms with Crippen molar-refractivity contribution in [2.45, 2.75) is 0 Å². The maximum atomic E-state index is 10.8. The summed E-state index contributed by atoms with van der Waals surface area (Å²) in [7, 11) is 1.67. The van der Waals surface area contributed by atoms with Crippen LogP contribution in [0.15, 0.2) is 23.1 Å². The molecule has 1 aromatic rings. The van der Waals surface area contributed by atoms with Crippen LogP contribution in [0.4, 0.5) is 5.69 Å². The molecule has 1 aromatic heterocycles. The first kappa shape index (κ1) is 5.88. The molecule has 2 N–H and O–H groups in total. The van der Waals surface area contributed by atoms with Gasteiger partial charge in [0.2, 0.25) is 0 Å². The van der Waals surface area contributed by atoms with E-state index in [-0.39, 0.29) is 5.56 Å². The number of aromatic nitrogens is 1. The molecule has 0 atom stereocenters. The molecule has 0 amide bonds. The molecule has 0 spiro atoms. The molecular formula is C6H8N2O. The van der Waals surface area contributed by atoms with Gasteiger partial charge in [-0.25, -0.2) is 0 Å². The molecular weight excluding hydrogens is 116 g/mol. The monoisotopic (exact) mass is 124 g/mol. The normalized spacial score (nSPS) is 9.44. The largest absolute Gasteiger partial charge is 0.394 e. The van der Waals surface area contributed by atoms with Gasteiger partial charge in [-0.2, -0.15) is 0 Å². The van der Waals surface area contributed by atoms with Gasteiger partial charge in [0.05, 0.1) is 5.69 Å². The van der Waals surface area contributed by atoms with Crippen LogP contribution >= 0.6 is 0 Å². The quantitative estimate of drug-likeness (QED) is 0.528. The van der Waals surface area contributed by atoms with Crippen molar-refractivity contribution >= 4 is 5.69 Å². The van der Waals surface area contributed by atoms with E-state index in [9.17, 15) is 4.79 Å². The summed E-state index contributed by atoms with van der Waals surface area (Å²) in [4.78, 5) is 10.8. The second kappa shape index (κ2) is 1.93. The van der Waals surface area contributed by atoms with Gasteiger partial charge in [0.15, 0.2) is 0 Å². The van der Waals surface area contributed by atoms with Crippen LogP contribution in [-0.2, 0) is 7.05 Å². The molecule has 48 valence electrons. The fourth-order valence-electron chi connectivity index (χ4n) is 0.618. The first-order chi connectivity index (χ1) is 4.22. The van der Waals surface area contributed by atoms with Crippen molar-refractivity contribution in [2.75, 3.05) is 5.73 Å². The lowest BCUT2D eigenvalue weighted by Gasteiger charge is -1.94. The third-order valence-corrected chi connectivity index (χ3v) is 1.15. The van der Waals surface area contributed by atoms with Crippen LogP contribution in [0.3, 0.4) is 0 Å². The van der Waals surface area contributed by atoms with Crippen LogP contribution in [0.2, 0.25) is 0 Å². The molecule has 0 aromatic carbocycles. The maximum Gasteiger partial charge on any atom is 0.273 e. The average molecular weight is 124 g/mol. The molecule has 9 heavy (non-hydrogen) atoms. The first-order valence-electron chi connectivity index (χ1n) is 2.63. The minimum absolute atomic E-state index is 0.141. The molecule has 0 aliphatic heterocycles. The predicted molar refractivity (Wildman–Crippen MR) is 36.1 cm³/mol. The summed E-state index contributed by atoms with van der Waals surface area (Å²) < 4.78 is 1.44. The highest BCUT2D eigenvalue weighted by Crippen LogP contribution is 1.87. The highest BCUT2D eigenvalue weighted by Gasteiger charge is 1.90. The lowest BCUT2D eigenvalue weighted by Crippen LogP contribution is -2.18. The summed E-state index contributed by atoms with van der Waals surface area (Å²) in [5.41, 5.74) is 5.44. The van der Waals surface area contributed by atoms with Gasteiger partial charge in [0.1, 0.15) is 0 Å². The third kappa shape index (κ3) is 0.937. The summed E-state index contributed by atoms with van der Waals surface area (Å²) in [6.45, 7) is 0. The predicted octanol–water partition coefficient (Wildman–Crippen LogP) is -0.0325. The minimum Gasteiger partial charge on any atom is -0.394 e. The number of aryl methyl sites for hydroxylation is 1. The number of nitrogens with zero attached hydrogens (tertiary/aromatic N) is 1. The van der Waals surface area contributed by atoms with Gasteiger partial charge < -0.3 is 10.3 Å². The number of anilines is 1. The van der Waals surface area contributed by atoms with E-state index in [1.807, 2.05) is 0 Å². The van der Waals surface area contributed by atoms with Gasteiger partial charge >= 0.3 is 0 Å². The summed E-state index contributed by atoms with van der Waals surface area (Å²) in [5, 5.41) is 0. The number of nitrogen functional groups attached to an aromatic ring is 1. The Hall–Kier alpha value is -1.25. The van der Waals surface area contributed by atoms with Crippen LogP contribution < -0.4 is 11.3 Å². The van der Waals surface area contributed by atoms with E-state index in [0.29, 0.717) is 5.69 Å². The first-order valence-corrected chi connectivity index (χ1v) is 2.63. The van der Waals surface area contributed by atoms with Gasteiger partial charge in [-0.05, 0) is 12.1 Å². The standard InChI is InChI=1S/C6H8N2O/c1-8-4-2-3-5(7)6(8)9/h2-4H,7H2,1H3. The number of nitrogens with two attached hydrogens (primary N) is 1.